The van der Waals surface area contributed by atoms with Crippen LogP contribution in [0.15, 0.2) is 24.4 Å². The van der Waals surface area contributed by atoms with Gasteiger partial charge in [-0.2, -0.15) is 0 Å². The number of rotatable bonds is 4. The van der Waals surface area contributed by atoms with E-state index in [9.17, 15) is 4.79 Å². The van der Waals surface area contributed by atoms with E-state index in [1.54, 1.807) is 12.3 Å². The fraction of sp³-hybridized carbons (Fsp3) is 0.400. The molecule has 1 amide bonds. The molecule has 1 fully saturated rings. The molecule has 2 aliphatic rings. The molecular weight excluding hydrogens is 394 g/mol. The van der Waals surface area contributed by atoms with Gasteiger partial charge in [0.15, 0.2) is 5.82 Å². The molecule has 0 spiro atoms. The molecule has 3 heterocycles. The summed E-state index contributed by atoms with van der Waals surface area (Å²) >= 11 is 7.95. The number of halogens is 1. The number of carbonyl (C=O) groups is 1. The first-order chi connectivity index (χ1) is 13.7. The van der Waals surface area contributed by atoms with Gasteiger partial charge < -0.3 is 9.88 Å². The van der Waals surface area contributed by atoms with Gasteiger partial charge in [0.2, 0.25) is 0 Å². The fourth-order valence-corrected chi connectivity index (χ4v) is 4.75. The van der Waals surface area contributed by atoms with Gasteiger partial charge in [0, 0.05) is 30.1 Å². The summed E-state index contributed by atoms with van der Waals surface area (Å²) in [5.74, 6) is 2.19. The maximum atomic E-state index is 12.6. The summed E-state index contributed by atoms with van der Waals surface area (Å²) in [5.41, 5.74) is 1.49. The van der Waals surface area contributed by atoms with Gasteiger partial charge in [-0.25, -0.2) is 4.98 Å². The molecule has 1 N–H and O–H groups in total. The first-order valence-electron chi connectivity index (χ1n) is 9.68. The summed E-state index contributed by atoms with van der Waals surface area (Å²) in [6.07, 6.45) is 8.42. The van der Waals surface area contributed by atoms with E-state index in [1.165, 1.54) is 30.6 Å². The zero-order chi connectivity index (χ0) is 19.1. The normalized spacial score (nSPS) is 16.5. The van der Waals surface area contributed by atoms with Crippen LogP contribution in [0, 0.1) is 0 Å². The number of anilines is 1. The minimum absolute atomic E-state index is 0.141. The molecule has 5 rings (SSSR count). The van der Waals surface area contributed by atoms with Crippen molar-refractivity contribution in [1.82, 2.24) is 19.7 Å². The summed E-state index contributed by atoms with van der Waals surface area (Å²) in [7, 11) is 0. The summed E-state index contributed by atoms with van der Waals surface area (Å²) in [6, 6.07) is 5.49. The number of benzene rings is 1. The van der Waals surface area contributed by atoms with Crippen molar-refractivity contribution in [3.8, 4) is 11.4 Å². The van der Waals surface area contributed by atoms with Crippen molar-refractivity contribution in [2.45, 2.75) is 51.0 Å². The number of thiazole rings is 1. The summed E-state index contributed by atoms with van der Waals surface area (Å²) in [6.45, 7) is 0.898. The number of nitrogens with one attached hydrogen (secondary N) is 1. The van der Waals surface area contributed by atoms with Crippen molar-refractivity contribution in [1.29, 1.82) is 0 Å². The molecule has 3 aromatic rings. The zero-order valence-electron chi connectivity index (χ0n) is 15.3. The second-order valence-electron chi connectivity index (χ2n) is 7.39. The molecule has 1 aliphatic heterocycles. The third kappa shape index (κ3) is 3.44. The third-order valence-corrected chi connectivity index (χ3v) is 6.74. The summed E-state index contributed by atoms with van der Waals surface area (Å²) in [5, 5.41) is 13.4. The Kier molecular flexibility index (Phi) is 4.64. The van der Waals surface area contributed by atoms with Crippen molar-refractivity contribution >= 4 is 34.5 Å². The van der Waals surface area contributed by atoms with Crippen molar-refractivity contribution in [2.75, 3.05) is 5.32 Å². The Bertz CT molecular complexity index is 1040. The van der Waals surface area contributed by atoms with Crippen molar-refractivity contribution in [3.05, 3.63) is 45.1 Å². The van der Waals surface area contributed by atoms with Crippen LogP contribution < -0.4 is 5.32 Å². The van der Waals surface area contributed by atoms with Gasteiger partial charge in [-0.15, -0.1) is 21.5 Å². The molecule has 1 saturated carbocycles. The predicted octanol–water partition coefficient (Wildman–Crippen LogP) is 4.91. The monoisotopic (exact) mass is 413 g/mol. The molecule has 6 nitrogen and oxygen atoms in total. The van der Waals surface area contributed by atoms with E-state index in [0.717, 1.165) is 48.0 Å². The van der Waals surface area contributed by atoms with E-state index in [4.69, 9.17) is 11.6 Å². The maximum Gasteiger partial charge on any atom is 0.267 e. The minimum Gasteiger partial charge on any atom is -0.321 e. The van der Waals surface area contributed by atoms with Gasteiger partial charge in [0.25, 0.3) is 5.91 Å². The van der Waals surface area contributed by atoms with E-state index in [2.05, 4.69) is 25.1 Å². The van der Waals surface area contributed by atoms with Crippen molar-refractivity contribution < 1.29 is 4.79 Å². The number of aromatic nitrogens is 4. The highest BCUT2D eigenvalue weighted by molar-refractivity contribution is 7.13. The highest BCUT2D eigenvalue weighted by Crippen LogP contribution is 2.41. The first kappa shape index (κ1) is 17.8. The molecule has 28 heavy (non-hydrogen) atoms. The number of amides is 1. The van der Waals surface area contributed by atoms with E-state index >= 15 is 0 Å². The second-order valence-corrected chi connectivity index (χ2v) is 8.86. The lowest BCUT2D eigenvalue weighted by molar-refractivity contribution is 0.103. The van der Waals surface area contributed by atoms with Crippen molar-refractivity contribution in [2.24, 2.45) is 0 Å². The Labute approximate surface area is 172 Å². The molecular formula is C20H20ClN5OS. The highest BCUT2D eigenvalue weighted by Gasteiger charge is 2.27. The Morgan fingerprint density at radius 2 is 2.11 bits per heavy atom. The molecule has 144 valence electrons. The van der Waals surface area contributed by atoms with Gasteiger partial charge in [-0.1, -0.05) is 18.0 Å². The quantitative estimate of drug-likeness (QED) is 0.659. The van der Waals surface area contributed by atoms with Crippen LogP contribution in [-0.4, -0.2) is 25.7 Å². The fourth-order valence-electron chi connectivity index (χ4n) is 3.56. The summed E-state index contributed by atoms with van der Waals surface area (Å²) in [4.78, 5) is 17.6. The van der Waals surface area contributed by atoms with Gasteiger partial charge >= 0.3 is 0 Å². The number of hydrogen-bond acceptors (Lipinski definition) is 5. The average molecular weight is 414 g/mol. The zero-order valence-corrected chi connectivity index (χ0v) is 16.9. The van der Waals surface area contributed by atoms with Gasteiger partial charge in [-0.3, -0.25) is 4.79 Å². The molecule has 0 saturated heterocycles. The van der Waals surface area contributed by atoms with Crippen LogP contribution >= 0.6 is 22.9 Å². The third-order valence-electron chi connectivity index (χ3n) is 5.25. The topological polar surface area (TPSA) is 72.7 Å². The van der Waals surface area contributed by atoms with Crippen LogP contribution in [0.2, 0.25) is 5.02 Å². The average Bonchev–Trinajstić information content (AvgIpc) is 3.37. The highest BCUT2D eigenvalue weighted by atomic mass is 35.5. The van der Waals surface area contributed by atoms with Crippen LogP contribution in [0.3, 0.4) is 0 Å². The second kappa shape index (κ2) is 7.29. The molecule has 1 aromatic carbocycles. The summed E-state index contributed by atoms with van der Waals surface area (Å²) < 4.78 is 2.16. The van der Waals surface area contributed by atoms with Gasteiger partial charge in [0.05, 0.1) is 16.2 Å². The maximum absolute atomic E-state index is 12.6. The molecule has 0 unspecified atom stereocenters. The lowest BCUT2D eigenvalue weighted by Crippen LogP contribution is -2.10. The van der Waals surface area contributed by atoms with Crippen LogP contribution in [0.25, 0.3) is 11.4 Å². The number of fused-ring (bicyclic) bond motifs is 1. The number of carbonyl (C=O) groups excluding carboxylic acids is 1. The molecule has 2 aromatic heterocycles. The molecule has 0 bridgehead atoms. The van der Waals surface area contributed by atoms with Gasteiger partial charge in [0.1, 0.15) is 10.7 Å². The Balaban J connectivity index is 1.41. The largest absolute Gasteiger partial charge is 0.321 e. The lowest BCUT2D eigenvalue weighted by atomic mass is 10.1. The standard InChI is InChI=1S/C20H20ClN5OS/c21-15-8-7-13(23-19(27)16-11-22-20(28-16)12-5-6-12)10-14(15)18-25-24-17-4-2-1-3-9-26(17)18/h7-8,10-12H,1-6,9H2,(H,23,27). The smallest absolute Gasteiger partial charge is 0.267 e. The Morgan fingerprint density at radius 1 is 1.21 bits per heavy atom. The van der Waals surface area contributed by atoms with E-state index < -0.39 is 0 Å². The van der Waals surface area contributed by atoms with Gasteiger partial charge in [-0.05, 0) is 43.9 Å². The van der Waals surface area contributed by atoms with Crippen LogP contribution in [0.5, 0.6) is 0 Å². The Morgan fingerprint density at radius 3 is 2.96 bits per heavy atom. The van der Waals surface area contributed by atoms with E-state index in [-0.39, 0.29) is 5.91 Å². The predicted molar refractivity (Wildman–Crippen MR) is 110 cm³/mol. The SMILES string of the molecule is O=C(Nc1ccc(Cl)c(-c2nnc3n2CCCCC3)c1)c1cnc(C2CC2)s1. The molecule has 8 heteroatoms. The molecule has 0 atom stereocenters. The number of hydrogen-bond donors (Lipinski definition) is 1. The van der Waals surface area contributed by atoms with E-state index in [0.29, 0.717) is 21.5 Å². The van der Waals surface area contributed by atoms with Crippen LogP contribution in [0.4, 0.5) is 5.69 Å². The Hall–Kier alpha value is -2.25. The van der Waals surface area contributed by atoms with Crippen molar-refractivity contribution in [3.63, 3.8) is 0 Å². The minimum atomic E-state index is -0.141. The molecule has 1 aliphatic carbocycles. The van der Waals surface area contributed by atoms with Crippen LogP contribution in [-0.2, 0) is 13.0 Å². The van der Waals surface area contributed by atoms with E-state index in [1.807, 2.05) is 12.1 Å². The first-order valence-corrected chi connectivity index (χ1v) is 10.9. The lowest BCUT2D eigenvalue weighted by Gasteiger charge is -2.10. The molecule has 0 radical (unpaired) electrons. The number of nitrogens with zero attached hydrogens (tertiary/aromatic N) is 4. The van der Waals surface area contributed by atoms with Crippen LogP contribution in [0.1, 0.15) is 58.5 Å². The number of aryl methyl sites for hydroxylation is 1.